The fourth-order valence-corrected chi connectivity index (χ4v) is 5.06. The van der Waals surface area contributed by atoms with Gasteiger partial charge < -0.3 is 10.6 Å². The van der Waals surface area contributed by atoms with E-state index < -0.39 is 15.2 Å². The minimum absolute atomic E-state index is 0.200. The number of anilines is 2. The van der Waals surface area contributed by atoms with Crippen molar-refractivity contribution in [2.45, 2.75) is 5.37 Å². The molecule has 1 atom stereocenters. The van der Waals surface area contributed by atoms with Crippen molar-refractivity contribution < 1.29 is 8.42 Å². The summed E-state index contributed by atoms with van der Waals surface area (Å²) < 4.78 is 27.2. The van der Waals surface area contributed by atoms with Crippen molar-refractivity contribution in [2.24, 2.45) is 0 Å². The number of nitrogen functional groups attached to an aromatic ring is 1. The topological polar surface area (TPSA) is 89.2 Å². The van der Waals surface area contributed by atoms with Crippen LogP contribution in [0, 0.1) is 0 Å². The molecule has 0 bridgehead atoms. The van der Waals surface area contributed by atoms with Crippen LogP contribution in [-0.2, 0) is 9.84 Å². The van der Waals surface area contributed by atoms with Gasteiger partial charge in [-0.25, -0.2) is 8.42 Å². The van der Waals surface area contributed by atoms with Crippen molar-refractivity contribution in [3.63, 3.8) is 0 Å². The molecule has 90 valence electrons. The fourth-order valence-electron chi connectivity index (χ4n) is 1.50. The predicted octanol–water partition coefficient (Wildman–Crippen LogP) is 0.0442. The zero-order valence-corrected chi connectivity index (χ0v) is 11.1. The van der Waals surface area contributed by atoms with E-state index in [1.54, 1.807) is 16.7 Å². The van der Waals surface area contributed by atoms with Crippen LogP contribution in [0.2, 0.25) is 0 Å². The Balaban J connectivity index is 2.30. The normalized spacial score (nSPS) is 22.3. The van der Waals surface area contributed by atoms with Gasteiger partial charge >= 0.3 is 0 Å². The fraction of sp³-hybridized carbons (Fsp3) is 0.714. The van der Waals surface area contributed by atoms with Gasteiger partial charge in [0, 0.05) is 35.8 Å². The van der Waals surface area contributed by atoms with Crippen molar-refractivity contribution in [2.75, 3.05) is 34.9 Å². The highest BCUT2D eigenvalue weighted by molar-refractivity contribution is 8.01. The summed E-state index contributed by atoms with van der Waals surface area (Å²) in [5.41, 5.74) is 5.45. The average Bonchev–Trinajstić information content (AvgIpc) is 2.64. The second-order valence-corrected chi connectivity index (χ2v) is 7.57. The molecule has 1 aliphatic rings. The van der Waals surface area contributed by atoms with Crippen LogP contribution in [0.25, 0.3) is 0 Å². The van der Waals surface area contributed by atoms with Gasteiger partial charge in [-0.05, 0) is 0 Å². The molecule has 1 aromatic heterocycles. The lowest BCUT2D eigenvalue weighted by Gasteiger charge is -2.33. The Bertz CT molecular complexity index is 472. The first-order chi connectivity index (χ1) is 7.48. The third-order valence-electron chi connectivity index (χ3n) is 2.26. The number of aromatic nitrogens is 2. The third-order valence-corrected chi connectivity index (χ3v) is 5.67. The summed E-state index contributed by atoms with van der Waals surface area (Å²) >= 11 is 2.78. The molecule has 1 unspecified atom stereocenters. The van der Waals surface area contributed by atoms with Crippen molar-refractivity contribution >= 4 is 44.2 Å². The SMILES string of the molecule is CS(=O)(=O)C1CSCCN1c1nc(N)ns1. The maximum Gasteiger partial charge on any atom is 0.233 e. The van der Waals surface area contributed by atoms with Gasteiger partial charge in [0.15, 0.2) is 9.84 Å². The number of hydrogen-bond acceptors (Lipinski definition) is 8. The standard InChI is InChI=1S/C7H12N4O2S3/c1-16(12,13)5-4-14-3-2-11(5)7-9-6(8)10-15-7/h5H,2-4H2,1H3,(H2,8,10). The van der Waals surface area contributed by atoms with E-state index in [0.29, 0.717) is 17.4 Å². The minimum atomic E-state index is -3.11. The summed E-state index contributed by atoms with van der Waals surface area (Å²) in [6.07, 6.45) is 1.25. The molecule has 16 heavy (non-hydrogen) atoms. The van der Waals surface area contributed by atoms with Gasteiger partial charge in [0.25, 0.3) is 0 Å². The van der Waals surface area contributed by atoms with Gasteiger partial charge in [-0.3, -0.25) is 0 Å². The average molecular weight is 280 g/mol. The first-order valence-electron chi connectivity index (χ1n) is 4.61. The van der Waals surface area contributed by atoms with E-state index in [0.717, 1.165) is 17.3 Å². The summed E-state index contributed by atoms with van der Waals surface area (Å²) in [5.74, 6) is 1.66. The number of thioether (sulfide) groups is 1. The van der Waals surface area contributed by atoms with Gasteiger partial charge in [0.1, 0.15) is 5.37 Å². The molecule has 0 saturated carbocycles. The van der Waals surface area contributed by atoms with Crippen LogP contribution in [0.4, 0.5) is 11.1 Å². The quantitative estimate of drug-likeness (QED) is 0.818. The highest BCUT2D eigenvalue weighted by Crippen LogP contribution is 2.28. The summed E-state index contributed by atoms with van der Waals surface area (Å²) in [4.78, 5) is 5.81. The lowest BCUT2D eigenvalue weighted by molar-refractivity contribution is 0.584. The molecule has 0 aromatic carbocycles. The second kappa shape index (κ2) is 4.38. The van der Waals surface area contributed by atoms with Gasteiger partial charge in [-0.2, -0.15) is 21.1 Å². The van der Waals surface area contributed by atoms with Crippen molar-refractivity contribution in [3.8, 4) is 0 Å². The Kier molecular flexibility index (Phi) is 3.27. The Labute approximate surface area is 102 Å². The predicted molar refractivity (Wildman–Crippen MR) is 67.6 cm³/mol. The Morgan fingerprint density at radius 1 is 1.56 bits per heavy atom. The van der Waals surface area contributed by atoms with E-state index in [4.69, 9.17) is 5.73 Å². The number of rotatable bonds is 2. The smallest absolute Gasteiger partial charge is 0.233 e. The van der Waals surface area contributed by atoms with Crippen LogP contribution in [0.3, 0.4) is 0 Å². The van der Waals surface area contributed by atoms with Crippen LogP contribution in [0.1, 0.15) is 0 Å². The Morgan fingerprint density at radius 2 is 2.31 bits per heavy atom. The van der Waals surface area contributed by atoms with E-state index in [2.05, 4.69) is 9.36 Å². The van der Waals surface area contributed by atoms with Gasteiger partial charge in [-0.15, -0.1) is 0 Å². The first kappa shape index (κ1) is 11.9. The van der Waals surface area contributed by atoms with E-state index in [-0.39, 0.29) is 5.95 Å². The van der Waals surface area contributed by atoms with E-state index in [1.165, 1.54) is 6.26 Å². The molecule has 0 amide bonds. The van der Waals surface area contributed by atoms with E-state index in [1.807, 2.05) is 0 Å². The summed E-state index contributed by atoms with van der Waals surface area (Å²) in [5, 5.41) is 0.0758. The molecule has 0 radical (unpaired) electrons. The molecular formula is C7H12N4O2S3. The number of nitrogens with two attached hydrogens (primary N) is 1. The highest BCUT2D eigenvalue weighted by Gasteiger charge is 2.32. The van der Waals surface area contributed by atoms with Crippen LogP contribution in [0.5, 0.6) is 0 Å². The summed E-state index contributed by atoms with van der Waals surface area (Å²) in [7, 11) is -3.11. The van der Waals surface area contributed by atoms with Crippen molar-refractivity contribution in [1.82, 2.24) is 9.36 Å². The molecule has 2 rings (SSSR count). The second-order valence-electron chi connectivity index (χ2n) is 3.49. The van der Waals surface area contributed by atoms with E-state index in [9.17, 15) is 8.42 Å². The van der Waals surface area contributed by atoms with Crippen LogP contribution >= 0.6 is 23.3 Å². The number of hydrogen-bond donors (Lipinski definition) is 1. The number of sulfone groups is 1. The summed E-state index contributed by atoms with van der Waals surface area (Å²) in [6, 6.07) is 0. The van der Waals surface area contributed by atoms with E-state index >= 15 is 0 Å². The zero-order valence-electron chi connectivity index (χ0n) is 8.66. The molecule has 0 aliphatic carbocycles. The van der Waals surface area contributed by atoms with Crippen molar-refractivity contribution in [3.05, 3.63) is 0 Å². The minimum Gasteiger partial charge on any atom is -0.367 e. The molecular weight excluding hydrogens is 268 g/mol. The largest absolute Gasteiger partial charge is 0.367 e. The Morgan fingerprint density at radius 3 is 2.88 bits per heavy atom. The first-order valence-corrected chi connectivity index (χ1v) is 8.49. The van der Waals surface area contributed by atoms with Crippen LogP contribution in [0.15, 0.2) is 0 Å². The molecule has 0 spiro atoms. The highest BCUT2D eigenvalue weighted by atomic mass is 32.2. The lowest BCUT2D eigenvalue weighted by Crippen LogP contribution is -2.47. The van der Waals surface area contributed by atoms with Gasteiger partial charge in [-0.1, -0.05) is 0 Å². The van der Waals surface area contributed by atoms with Crippen molar-refractivity contribution in [1.29, 1.82) is 0 Å². The molecule has 1 aliphatic heterocycles. The number of nitrogens with zero attached hydrogens (tertiary/aromatic N) is 3. The monoisotopic (exact) mass is 280 g/mol. The molecule has 1 fully saturated rings. The maximum atomic E-state index is 11.6. The Hall–Kier alpha value is -0.540. The molecule has 2 heterocycles. The van der Waals surface area contributed by atoms with Gasteiger partial charge in [0.2, 0.25) is 11.1 Å². The molecule has 2 N–H and O–H groups in total. The third kappa shape index (κ3) is 2.41. The van der Waals surface area contributed by atoms with Crippen LogP contribution in [-0.4, -0.2) is 47.5 Å². The molecule has 6 nitrogen and oxygen atoms in total. The maximum absolute atomic E-state index is 11.6. The molecule has 9 heteroatoms. The van der Waals surface area contributed by atoms with Crippen LogP contribution < -0.4 is 10.6 Å². The van der Waals surface area contributed by atoms with Gasteiger partial charge in [0.05, 0.1) is 0 Å². The molecule has 1 aromatic rings. The zero-order chi connectivity index (χ0) is 11.8. The lowest BCUT2D eigenvalue weighted by atomic mass is 10.5. The summed E-state index contributed by atoms with van der Waals surface area (Å²) in [6.45, 7) is 0.664. The molecule has 1 saturated heterocycles.